The number of para-hydroxylation sites is 1. The standard InChI is InChI=1S/C13H18N4O2/c1-18-9-7-14-8-10-19-13-15-11-17(16-13)12-5-3-2-4-6-12/h2-6,11,14H,7-10H2,1H3. The van der Waals surface area contributed by atoms with E-state index in [4.69, 9.17) is 9.47 Å². The van der Waals surface area contributed by atoms with Gasteiger partial charge in [-0.2, -0.15) is 4.98 Å². The predicted molar refractivity (Wildman–Crippen MR) is 71.6 cm³/mol. The summed E-state index contributed by atoms with van der Waals surface area (Å²) in [6, 6.07) is 10.2. The van der Waals surface area contributed by atoms with E-state index in [0.717, 1.165) is 18.8 Å². The molecule has 19 heavy (non-hydrogen) atoms. The Morgan fingerprint density at radius 1 is 1.16 bits per heavy atom. The van der Waals surface area contributed by atoms with Crippen LogP contribution in [-0.4, -0.2) is 48.2 Å². The number of rotatable bonds is 8. The van der Waals surface area contributed by atoms with E-state index >= 15 is 0 Å². The van der Waals surface area contributed by atoms with Gasteiger partial charge in [0.05, 0.1) is 12.3 Å². The number of hydrogen-bond donors (Lipinski definition) is 1. The van der Waals surface area contributed by atoms with Crippen molar-refractivity contribution in [1.29, 1.82) is 0 Å². The lowest BCUT2D eigenvalue weighted by atomic mass is 10.3. The Balaban J connectivity index is 1.75. The monoisotopic (exact) mass is 262 g/mol. The molecule has 0 saturated carbocycles. The lowest BCUT2D eigenvalue weighted by molar-refractivity contribution is 0.196. The topological polar surface area (TPSA) is 61.2 Å². The van der Waals surface area contributed by atoms with Crippen molar-refractivity contribution in [2.45, 2.75) is 0 Å². The van der Waals surface area contributed by atoms with Crippen LogP contribution in [0.25, 0.3) is 5.69 Å². The highest BCUT2D eigenvalue weighted by Gasteiger charge is 2.02. The molecule has 0 fully saturated rings. The molecule has 102 valence electrons. The molecule has 0 unspecified atom stereocenters. The smallest absolute Gasteiger partial charge is 0.335 e. The fourth-order valence-electron chi connectivity index (χ4n) is 1.53. The van der Waals surface area contributed by atoms with E-state index in [-0.39, 0.29) is 0 Å². The van der Waals surface area contributed by atoms with Crippen molar-refractivity contribution in [2.75, 3.05) is 33.4 Å². The number of ether oxygens (including phenoxy) is 2. The van der Waals surface area contributed by atoms with Crippen molar-refractivity contribution in [3.05, 3.63) is 36.7 Å². The Bertz CT molecular complexity index is 473. The molecule has 0 aliphatic carbocycles. The molecule has 0 atom stereocenters. The molecule has 1 N–H and O–H groups in total. The zero-order chi connectivity index (χ0) is 13.3. The molecule has 2 rings (SSSR count). The SMILES string of the molecule is COCCNCCOc1ncn(-c2ccccc2)n1. The lowest BCUT2D eigenvalue weighted by Crippen LogP contribution is -2.24. The minimum atomic E-state index is 0.386. The third-order valence-corrected chi connectivity index (χ3v) is 2.48. The Kier molecular flexibility index (Phi) is 5.33. The first-order chi connectivity index (χ1) is 9.40. The molecule has 2 aromatic rings. The zero-order valence-electron chi connectivity index (χ0n) is 11.0. The Morgan fingerprint density at radius 2 is 1.95 bits per heavy atom. The molecular weight excluding hydrogens is 244 g/mol. The molecule has 0 aliphatic heterocycles. The first-order valence-electron chi connectivity index (χ1n) is 6.19. The highest BCUT2D eigenvalue weighted by Crippen LogP contribution is 2.07. The van der Waals surface area contributed by atoms with E-state index in [2.05, 4.69) is 15.4 Å². The van der Waals surface area contributed by atoms with E-state index in [1.165, 1.54) is 0 Å². The molecule has 0 saturated heterocycles. The average Bonchev–Trinajstić information content (AvgIpc) is 2.92. The van der Waals surface area contributed by atoms with E-state index in [1.54, 1.807) is 18.1 Å². The Labute approximate surface area is 112 Å². The Hall–Kier alpha value is -1.92. The van der Waals surface area contributed by atoms with Crippen LogP contribution in [0.1, 0.15) is 0 Å². The average molecular weight is 262 g/mol. The van der Waals surface area contributed by atoms with E-state index in [9.17, 15) is 0 Å². The van der Waals surface area contributed by atoms with Gasteiger partial charge in [-0.1, -0.05) is 18.2 Å². The maximum Gasteiger partial charge on any atom is 0.335 e. The van der Waals surface area contributed by atoms with E-state index in [0.29, 0.717) is 19.2 Å². The molecule has 0 radical (unpaired) electrons. The predicted octanol–water partition coefficient (Wildman–Crippen LogP) is 0.882. The van der Waals surface area contributed by atoms with Gasteiger partial charge < -0.3 is 14.8 Å². The lowest BCUT2D eigenvalue weighted by Gasteiger charge is -2.03. The van der Waals surface area contributed by atoms with Crippen LogP contribution in [0.3, 0.4) is 0 Å². The fraction of sp³-hybridized carbons (Fsp3) is 0.385. The molecule has 0 amide bonds. The summed E-state index contributed by atoms with van der Waals surface area (Å²) < 4.78 is 12.1. The number of aromatic nitrogens is 3. The molecule has 0 aliphatic rings. The molecular formula is C13H18N4O2. The van der Waals surface area contributed by atoms with Crippen LogP contribution in [0, 0.1) is 0 Å². The van der Waals surface area contributed by atoms with Crippen molar-refractivity contribution in [2.24, 2.45) is 0 Å². The van der Waals surface area contributed by atoms with Gasteiger partial charge in [0.15, 0.2) is 0 Å². The molecule has 1 aromatic heterocycles. The van der Waals surface area contributed by atoms with Crippen LogP contribution in [-0.2, 0) is 4.74 Å². The van der Waals surface area contributed by atoms with Crippen LogP contribution in [0.15, 0.2) is 36.7 Å². The van der Waals surface area contributed by atoms with Crippen LogP contribution >= 0.6 is 0 Å². The first-order valence-corrected chi connectivity index (χ1v) is 6.19. The van der Waals surface area contributed by atoms with Crippen LogP contribution in [0.4, 0.5) is 0 Å². The minimum Gasteiger partial charge on any atom is -0.461 e. The number of nitrogens with one attached hydrogen (secondary N) is 1. The summed E-state index contributed by atoms with van der Waals surface area (Å²) >= 11 is 0. The third kappa shape index (κ3) is 4.35. The number of methoxy groups -OCH3 is 1. The maximum absolute atomic E-state index is 5.44. The summed E-state index contributed by atoms with van der Waals surface area (Å²) in [5, 5.41) is 7.43. The van der Waals surface area contributed by atoms with E-state index in [1.807, 2.05) is 30.3 Å². The summed E-state index contributed by atoms with van der Waals surface area (Å²) in [4.78, 5) is 4.10. The van der Waals surface area contributed by atoms with Crippen LogP contribution in [0.5, 0.6) is 6.01 Å². The normalized spacial score (nSPS) is 10.6. The molecule has 1 heterocycles. The quantitative estimate of drug-likeness (QED) is 0.716. The van der Waals surface area contributed by atoms with E-state index < -0.39 is 0 Å². The van der Waals surface area contributed by atoms with Gasteiger partial charge in [0, 0.05) is 20.2 Å². The minimum absolute atomic E-state index is 0.386. The summed E-state index contributed by atoms with van der Waals surface area (Å²) in [5.74, 6) is 0. The summed E-state index contributed by atoms with van der Waals surface area (Å²) in [5.41, 5.74) is 0.961. The third-order valence-electron chi connectivity index (χ3n) is 2.48. The van der Waals surface area contributed by atoms with Crippen molar-refractivity contribution < 1.29 is 9.47 Å². The van der Waals surface area contributed by atoms with Crippen molar-refractivity contribution in [3.63, 3.8) is 0 Å². The molecule has 0 spiro atoms. The van der Waals surface area contributed by atoms with Gasteiger partial charge >= 0.3 is 6.01 Å². The largest absolute Gasteiger partial charge is 0.461 e. The molecule has 6 heteroatoms. The summed E-state index contributed by atoms with van der Waals surface area (Å²) in [7, 11) is 1.68. The van der Waals surface area contributed by atoms with Crippen molar-refractivity contribution in [1.82, 2.24) is 20.1 Å². The van der Waals surface area contributed by atoms with Gasteiger partial charge in [-0.25, -0.2) is 4.68 Å². The van der Waals surface area contributed by atoms with Gasteiger partial charge in [-0.05, 0) is 12.1 Å². The Morgan fingerprint density at radius 3 is 2.74 bits per heavy atom. The summed E-state index contributed by atoms with van der Waals surface area (Å²) in [6.45, 7) is 2.78. The first kappa shape index (κ1) is 13.5. The van der Waals surface area contributed by atoms with Crippen LogP contribution in [0.2, 0.25) is 0 Å². The van der Waals surface area contributed by atoms with Gasteiger partial charge in [-0.15, -0.1) is 5.10 Å². The summed E-state index contributed by atoms with van der Waals surface area (Å²) in [6.07, 6.45) is 1.64. The van der Waals surface area contributed by atoms with Gasteiger partial charge in [-0.3, -0.25) is 0 Å². The zero-order valence-corrected chi connectivity index (χ0v) is 11.0. The van der Waals surface area contributed by atoms with Crippen molar-refractivity contribution in [3.8, 4) is 11.7 Å². The highest BCUT2D eigenvalue weighted by atomic mass is 16.5. The fourth-order valence-corrected chi connectivity index (χ4v) is 1.53. The van der Waals surface area contributed by atoms with Gasteiger partial charge in [0.1, 0.15) is 12.9 Å². The maximum atomic E-state index is 5.44. The molecule has 6 nitrogen and oxygen atoms in total. The van der Waals surface area contributed by atoms with Crippen LogP contribution < -0.4 is 10.1 Å². The second-order valence-corrected chi connectivity index (χ2v) is 3.90. The number of benzene rings is 1. The number of hydrogen-bond acceptors (Lipinski definition) is 5. The number of nitrogens with zero attached hydrogens (tertiary/aromatic N) is 3. The molecule has 1 aromatic carbocycles. The second-order valence-electron chi connectivity index (χ2n) is 3.90. The second kappa shape index (κ2) is 7.50. The van der Waals surface area contributed by atoms with Crippen molar-refractivity contribution >= 4 is 0 Å². The molecule has 0 bridgehead atoms. The van der Waals surface area contributed by atoms with Gasteiger partial charge in [0.25, 0.3) is 0 Å². The van der Waals surface area contributed by atoms with Gasteiger partial charge in [0.2, 0.25) is 0 Å². The highest BCUT2D eigenvalue weighted by molar-refractivity contribution is 5.29.